The summed E-state index contributed by atoms with van der Waals surface area (Å²) in [6, 6.07) is 3.11. The van der Waals surface area contributed by atoms with Gasteiger partial charge in [-0.1, -0.05) is 11.8 Å². The molecule has 3 heteroatoms. The first kappa shape index (κ1) is 9.40. The third kappa shape index (κ3) is 2.68. The Morgan fingerprint density at radius 1 is 1.38 bits per heavy atom. The Kier molecular flexibility index (Phi) is 3.15. The Bertz CT molecular complexity index is 374. The summed E-state index contributed by atoms with van der Waals surface area (Å²) in [5.74, 6) is 3.50. The van der Waals surface area contributed by atoms with Gasteiger partial charge in [0.15, 0.2) is 0 Å². The summed E-state index contributed by atoms with van der Waals surface area (Å²) in [7, 11) is 0. The molecule has 0 aromatic heterocycles. The maximum atomic E-state index is 12.8. The molecule has 0 aliphatic heterocycles. The quantitative estimate of drug-likeness (QED) is 0.476. The lowest BCUT2D eigenvalue weighted by Gasteiger charge is -1.92. The topological polar surface area (TPSA) is 17.1 Å². The van der Waals surface area contributed by atoms with Crippen LogP contribution in [0.25, 0.3) is 0 Å². The standard InChI is InChI=1S/C10H6F2O/c11-9-5-4-8(10(12)7-9)3-1-2-6-13/h4-7H,2H2. The van der Waals surface area contributed by atoms with Crippen LogP contribution in [0.2, 0.25) is 0 Å². The van der Waals surface area contributed by atoms with Crippen LogP contribution in [0.1, 0.15) is 12.0 Å². The van der Waals surface area contributed by atoms with E-state index in [9.17, 15) is 13.6 Å². The lowest BCUT2D eigenvalue weighted by molar-refractivity contribution is -0.107. The molecule has 1 aromatic carbocycles. The van der Waals surface area contributed by atoms with Crippen LogP contribution >= 0.6 is 0 Å². The molecule has 1 aromatic rings. The minimum atomic E-state index is -0.710. The van der Waals surface area contributed by atoms with Crippen molar-refractivity contribution in [1.82, 2.24) is 0 Å². The SMILES string of the molecule is O=CCC#Cc1ccc(F)cc1F. The van der Waals surface area contributed by atoms with Crippen LogP contribution < -0.4 is 0 Å². The second-order valence-electron chi connectivity index (χ2n) is 2.30. The molecule has 66 valence electrons. The normalized spacial score (nSPS) is 8.77. The average molecular weight is 180 g/mol. The van der Waals surface area contributed by atoms with E-state index < -0.39 is 11.6 Å². The Hall–Kier alpha value is -1.69. The van der Waals surface area contributed by atoms with Gasteiger partial charge in [-0.25, -0.2) is 8.78 Å². The number of hydrogen-bond donors (Lipinski definition) is 0. The van der Waals surface area contributed by atoms with Crippen LogP contribution in [0.3, 0.4) is 0 Å². The fourth-order valence-corrected chi connectivity index (χ4v) is 0.779. The summed E-state index contributed by atoms with van der Waals surface area (Å²) in [5.41, 5.74) is 0.100. The average Bonchev–Trinajstić information content (AvgIpc) is 2.09. The highest BCUT2D eigenvalue weighted by Crippen LogP contribution is 2.07. The van der Waals surface area contributed by atoms with Crippen molar-refractivity contribution in [3.05, 3.63) is 35.4 Å². The minimum absolute atomic E-state index is 0.0524. The summed E-state index contributed by atoms with van der Waals surface area (Å²) >= 11 is 0. The maximum Gasteiger partial charge on any atom is 0.141 e. The van der Waals surface area contributed by atoms with E-state index >= 15 is 0 Å². The Balaban J connectivity index is 2.91. The molecular weight excluding hydrogens is 174 g/mol. The molecule has 0 radical (unpaired) electrons. The molecule has 0 fully saturated rings. The highest BCUT2D eigenvalue weighted by molar-refractivity contribution is 5.55. The molecule has 0 amide bonds. The van der Waals surface area contributed by atoms with E-state index in [-0.39, 0.29) is 12.0 Å². The largest absolute Gasteiger partial charge is 0.302 e. The fraction of sp³-hybridized carbons (Fsp3) is 0.100. The van der Waals surface area contributed by atoms with Gasteiger partial charge < -0.3 is 4.79 Å². The minimum Gasteiger partial charge on any atom is -0.302 e. The third-order valence-corrected chi connectivity index (χ3v) is 1.34. The molecule has 0 spiro atoms. The van der Waals surface area contributed by atoms with Crippen molar-refractivity contribution in [2.75, 3.05) is 0 Å². The molecule has 0 bridgehead atoms. The number of carbonyl (C=O) groups is 1. The van der Waals surface area contributed by atoms with Crippen molar-refractivity contribution in [3.8, 4) is 11.8 Å². The van der Waals surface area contributed by atoms with E-state index in [0.29, 0.717) is 6.29 Å². The van der Waals surface area contributed by atoms with Gasteiger partial charge in [0, 0.05) is 6.07 Å². The molecular formula is C10H6F2O. The summed E-state index contributed by atoms with van der Waals surface area (Å²) < 4.78 is 25.2. The highest BCUT2D eigenvalue weighted by atomic mass is 19.1. The van der Waals surface area contributed by atoms with Gasteiger partial charge in [-0.15, -0.1) is 0 Å². The van der Waals surface area contributed by atoms with Gasteiger partial charge in [0.2, 0.25) is 0 Å². The first-order valence-corrected chi connectivity index (χ1v) is 3.61. The second-order valence-corrected chi connectivity index (χ2v) is 2.30. The number of halogens is 2. The lowest BCUT2D eigenvalue weighted by Crippen LogP contribution is -1.84. The van der Waals surface area contributed by atoms with Crippen LogP contribution in [0.15, 0.2) is 18.2 Å². The van der Waals surface area contributed by atoms with Crippen molar-refractivity contribution < 1.29 is 13.6 Å². The van der Waals surface area contributed by atoms with Crippen LogP contribution in [-0.4, -0.2) is 6.29 Å². The molecule has 0 saturated carbocycles. The molecule has 1 rings (SSSR count). The number of carbonyl (C=O) groups excluding carboxylic acids is 1. The predicted octanol–water partition coefficient (Wildman–Crippen LogP) is 1.91. The number of rotatable bonds is 1. The molecule has 0 aliphatic rings. The molecule has 0 atom stereocenters. The fourth-order valence-electron chi connectivity index (χ4n) is 0.779. The van der Waals surface area contributed by atoms with E-state index in [4.69, 9.17) is 0 Å². The first-order valence-electron chi connectivity index (χ1n) is 3.61. The summed E-state index contributed by atoms with van der Waals surface area (Å²) in [6.45, 7) is 0. The van der Waals surface area contributed by atoms with Gasteiger partial charge >= 0.3 is 0 Å². The van der Waals surface area contributed by atoms with Gasteiger partial charge in [-0.05, 0) is 12.1 Å². The highest BCUT2D eigenvalue weighted by Gasteiger charge is 1.99. The van der Waals surface area contributed by atoms with E-state index in [0.717, 1.165) is 12.1 Å². The molecule has 0 heterocycles. The van der Waals surface area contributed by atoms with E-state index in [1.165, 1.54) is 6.07 Å². The number of benzene rings is 1. The van der Waals surface area contributed by atoms with Crippen LogP contribution in [-0.2, 0) is 4.79 Å². The molecule has 0 N–H and O–H groups in total. The van der Waals surface area contributed by atoms with E-state index in [1.807, 2.05) is 0 Å². The molecule has 0 unspecified atom stereocenters. The molecule has 0 aliphatic carbocycles. The van der Waals surface area contributed by atoms with Crippen molar-refractivity contribution in [2.24, 2.45) is 0 Å². The van der Waals surface area contributed by atoms with E-state index in [2.05, 4.69) is 11.8 Å². The predicted molar refractivity (Wildman–Crippen MR) is 43.9 cm³/mol. The Morgan fingerprint density at radius 2 is 2.15 bits per heavy atom. The zero-order valence-electron chi connectivity index (χ0n) is 6.68. The lowest BCUT2D eigenvalue weighted by atomic mass is 10.2. The smallest absolute Gasteiger partial charge is 0.141 e. The van der Waals surface area contributed by atoms with E-state index in [1.54, 1.807) is 0 Å². The van der Waals surface area contributed by atoms with Crippen LogP contribution in [0.5, 0.6) is 0 Å². The molecule has 0 saturated heterocycles. The zero-order valence-corrected chi connectivity index (χ0v) is 6.68. The van der Waals surface area contributed by atoms with Crippen molar-refractivity contribution >= 4 is 6.29 Å². The summed E-state index contributed by atoms with van der Waals surface area (Å²) in [6.07, 6.45) is 0.672. The van der Waals surface area contributed by atoms with Gasteiger partial charge in [0.1, 0.15) is 17.9 Å². The monoisotopic (exact) mass is 180 g/mol. The van der Waals surface area contributed by atoms with Crippen molar-refractivity contribution in [2.45, 2.75) is 6.42 Å². The second kappa shape index (κ2) is 4.36. The Labute approximate surface area is 74.4 Å². The summed E-state index contributed by atoms with van der Waals surface area (Å²) in [5, 5.41) is 0. The van der Waals surface area contributed by atoms with Crippen molar-refractivity contribution in [1.29, 1.82) is 0 Å². The number of aldehydes is 1. The van der Waals surface area contributed by atoms with Gasteiger partial charge in [0.05, 0.1) is 12.0 Å². The van der Waals surface area contributed by atoms with Gasteiger partial charge in [-0.2, -0.15) is 0 Å². The number of hydrogen-bond acceptors (Lipinski definition) is 1. The van der Waals surface area contributed by atoms with Crippen LogP contribution in [0.4, 0.5) is 8.78 Å². The zero-order chi connectivity index (χ0) is 9.68. The van der Waals surface area contributed by atoms with Gasteiger partial charge in [-0.3, -0.25) is 0 Å². The molecule has 1 nitrogen and oxygen atoms in total. The third-order valence-electron chi connectivity index (χ3n) is 1.34. The van der Waals surface area contributed by atoms with Crippen molar-refractivity contribution in [3.63, 3.8) is 0 Å². The maximum absolute atomic E-state index is 12.8. The van der Waals surface area contributed by atoms with Crippen LogP contribution in [0, 0.1) is 23.5 Å². The summed E-state index contributed by atoms with van der Waals surface area (Å²) in [4.78, 5) is 9.88. The Morgan fingerprint density at radius 3 is 2.77 bits per heavy atom. The molecule has 13 heavy (non-hydrogen) atoms. The van der Waals surface area contributed by atoms with Gasteiger partial charge in [0.25, 0.3) is 0 Å². The first-order chi connectivity index (χ1) is 6.24.